The highest BCUT2D eigenvalue weighted by Crippen LogP contribution is 2.30. The number of benzene rings is 1. The zero-order chi connectivity index (χ0) is 16.2. The Kier molecular flexibility index (Phi) is 5.06. The Balaban J connectivity index is 2.09. The van der Waals surface area contributed by atoms with E-state index in [4.69, 9.17) is 4.74 Å². The highest BCUT2D eigenvalue weighted by atomic mass is 16.5. The summed E-state index contributed by atoms with van der Waals surface area (Å²) in [5.41, 5.74) is -0.179. The first kappa shape index (κ1) is 16.3. The minimum Gasteiger partial charge on any atom is -0.480 e. The molecule has 1 amide bonds. The maximum Gasteiger partial charge on any atom is 0.329 e. The second-order valence-electron chi connectivity index (χ2n) is 5.86. The molecule has 2 rings (SSSR count). The van der Waals surface area contributed by atoms with Gasteiger partial charge in [0.05, 0.1) is 0 Å². The second-order valence-corrected chi connectivity index (χ2v) is 5.86. The normalized spacial score (nSPS) is 17.7. The first-order valence-corrected chi connectivity index (χ1v) is 7.76. The molecule has 0 saturated heterocycles. The fourth-order valence-corrected chi connectivity index (χ4v) is 2.85. The van der Waals surface area contributed by atoms with E-state index in [0.29, 0.717) is 25.0 Å². The molecule has 1 saturated carbocycles. The molecule has 1 aromatic carbocycles. The van der Waals surface area contributed by atoms with Gasteiger partial charge in [0.15, 0.2) is 6.10 Å². The molecule has 1 atom stereocenters. The first-order valence-electron chi connectivity index (χ1n) is 7.76. The van der Waals surface area contributed by atoms with Gasteiger partial charge in [-0.05, 0) is 37.8 Å². The van der Waals surface area contributed by atoms with Crippen LogP contribution >= 0.6 is 0 Å². The van der Waals surface area contributed by atoms with Crippen molar-refractivity contribution in [3.05, 3.63) is 29.8 Å². The third kappa shape index (κ3) is 3.40. The Morgan fingerprint density at radius 3 is 2.50 bits per heavy atom. The van der Waals surface area contributed by atoms with E-state index in [1.54, 1.807) is 0 Å². The van der Waals surface area contributed by atoms with E-state index < -0.39 is 17.6 Å². The van der Waals surface area contributed by atoms with E-state index in [9.17, 15) is 14.7 Å². The largest absolute Gasteiger partial charge is 0.480 e. The van der Waals surface area contributed by atoms with E-state index in [1.807, 2.05) is 38.1 Å². The summed E-state index contributed by atoms with van der Waals surface area (Å²) < 4.78 is 5.79. The van der Waals surface area contributed by atoms with Crippen molar-refractivity contribution in [2.75, 3.05) is 0 Å². The first-order chi connectivity index (χ1) is 10.5. The number of hydrogen-bond acceptors (Lipinski definition) is 3. The Labute approximate surface area is 130 Å². The van der Waals surface area contributed by atoms with Gasteiger partial charge in [-0.15, -0.1) is 0 Å². The Morgan fingerprint density at radius 1 is 1.32 bits per heavy atom. The summed E-state index contributed by atoms with van der Waals surface area (Å²) in [5, 5.41) is 12.2. The summed E-state index contributed by atoms with van der Waals surface area (Å²) in [6.07, 6.45) is 2.40. The number of aliphatic carboxylic acids is 1. The Bertz CT molecular complexity index is 549. The fraction of sp³-hybridized carbons (Fsp3) is 0.529. The van der Waals surface area contributed by atoms with Crippen LogP contribution in [0.2, 0.25) is 0 Å². The number of carbonyl (C=O) groups is 2. The van der Waals surface area contributed by atoms with Gasteiger partial charge < -0.3 is 15.2 Å². The molecule has 0 aromatic heterocycles. The van der Waals surface area contributed by atoms with Gasteiger partial charge in [-0.25, -0.2) is 4.79 Å². The van der Waals surface area contributed by atoms with Crippen molar-refractivity contribution < 1.29 is 19.4 Å². The summed E-state index contributed by atoms with van der Waals surface area (Å²) in [5.74, 6) is -0.653. The molecule has 120 valence electrons. The minimum atomic E-state index is -1.13. The molecule has 0 aliphatic heterocycles. The summed E-state index contributed by atoms with van der Waals surface area (Å²) in [7, 11) is 0. The Morgan fingerprint density at radius 2 is 1.95 bits per heavy atom. The van der Waals surface area contributed by atoms with Crippen LogP contribution in [0.25, 0.3) is 0 Å². The van der Waals surface area contributed by atoms with E-state index in [-0.39, 0.29) is 5.91 Å². The van der Waals surface area contributed by atoms with Crippen LogP contribution in [-0.2, 0) is 9.59 Å². The van der Waals surface area contributed by atoms with Crippen LogP contribution in [0.3, 0.4) is 0 Å². The maximum atomic E-state index is 12.5. The lowest BCUT2D eigenvalue weighted by Gasteiger charge is -2.28. The molecule has 0 heterocycles. The van der Waals surface area contributed by atoms with Crippen molar-refractivity contribution in [1.29, 1.82) is 0 Å². The zero-order valence-corrected chi connectivity index (χ0v) is 13.1. The fourth-order valence-electron chi connectivity index (χ4n) is 2.85. The molecule has 5 heteroatoms. The smallest absolute Gasteiger partial charge is 0.329 e. The second kappa shape index (κ2) is 6.81. The van der Waals surface area contributed by atoms with Gasteiger partial charge >= 0.3 is 5.97 Å². The topological polar surface area (TPSA) is 75.6 Å². The number of para-hydroxylation sites is 1. The number of carboxylic acids is 1. The lowest BCUT2D eigenvalue weighted by Crippen LogP contribution is -2.56. The summed E-state index contributed by atoms with van der Waals surface area (Å²) in [6, 6.07) is 7.48. The number of hydrogen-bond donors (Lipinski definition) is 2. The van der Waals surface area contributed by atoms with Gasteiger partial charge in [0.1, 0.15) is 11.3 Å². The monoisotopic (exact) mass is 305 g/mol. The molecule has 1 aliphatic carbocycles. The van der Waals surface area contributed by atoms with Crippen LogP contribution in [0.15, 0.2) is 24.3 Å². The lowest BCUT2D eigenvalue weighted by molar-refractivity contribution is -0.148. The van der Waals surface area contributed by atoms with E-state index in [2.05, 4.69) is 5.32 Å². The number of rotatable bonds is 6. The molecule has 0 bridgehead atoms. The van der Waals surface area contributed by atoms with Gasteiger partial charge in [0.2, 0.25) is 0 Å². The van der Waals surface area contributed by atoms with Gasteiger partial charge in [-0.1, -0.05) is 38.0 Å². The molecule has 1 aliphatic rings. The van der Waals surface area contributed by atoms with Crippen LogP contribution in [0.4, 0.5) is 0 Å². The van der Waals surface area contributed by atoms with Crippen molar-refractivity contribution in [2.24, 2.45) is 0 Å². The molecule has 22 heavy (non-hydrogen) atoms. The van der Waals surface area contributed by atoms with Crippen molar-refractivity contribution in [3.63, 3.8) is 0 Å². The average Bonchev–Trinajstić information content (AvgIpc) is 2.96. The van der Waals surface area contributed by atoms with Crippen molar-refractivity contribution in [2.45, 2.75) is 57.6 Å². The molecule has 1 unspecified atom stereocenters. The molecule has 1 aromatic rings. The van der Waals surface area contributed by atoms with Crippen LogP contribution in [-0.4, -0.2) is 28.6 Å². The number of ether oxygens (including phenoxy) is 1. The number of nitrogens with one attached hydrogen (secondary N) is 1. The molecular weight excluding hydrogens is 282 g/mol. The van der Waals surface area contributed by atoms with Crippen LogP contribution in [0.1, 0.15) is 44.6 Å². The number of amides is 1. The summed E-state index contributed by atoms with van der Waals surface area (Å²) in [4.78, 5) is 24.0. The van der Waals surface area contributed by atoms with E-state index in [0.717, 1.165) is 18.4 Å². The van der Waals surface area contributed by atoms with Crippen molar-refractivity contribution >= 4 is 11.9 Å². The SMILES string of the molecule is CCC(Oc1ccccc1C)C(=O)NC1(C(=O)O)CCCC1. The van der Waals surface area contributed by atoms with Gasteiger partial charge in [0.25, 0.3) is 5.91 Å². The van der Waals surface area contributed by atoms with Crippen molar-refractivity contribution in [3.8, 4) is 5.75 Å². The maximum absolute atomic E-state index is 12.5. The third-order valence-electron chi connectivity index (χ3n) is 4.26. The highest BCUT2D eigenvalue weighted by Gasteiger charge is 2.43. The van der Waals surface area contributed by atoms with Crippen LogP contribution in [0, 0.1) is 6.92 Å². The summed E-state index contributed by atoms with van der Waals surface area (Å²) in [6.45, 7) is 3.76. The molecule has 0 spiro atoms. The number of aryl methyl sites for hydroxylation is 1. The van der Waals surface area contributed by atoms with Gasteiger partial charge in [0, 0.05) is 0 Å². The minimum absolute atomic E-state index is 0.352. The molecule has 2 N–H and O–H groups in total. The molecule has 5 nitrogen and oxygen atoms in total. The standard InChI is InChI=1S/C17H23NO4/c1-3-13(22-14-9-5-4-8-12(14)2)15(19)18-17(16(20)21)10-6-7-11-17/h4-5,8-9,13H,3,6-7,10-11H2,1-2H3,(H,18,19)(H,20,21). The van der Waals surface area contributed by atoms with Gasteiger partial charge in [-0.2, -0.15) is 0 Å². The van der Waals surface area contributed by atoms with Gasteiger partial charge in [-0.3, -0.25) is 4.79 Å². The molecule has 1 fully saturated rings. The van der Waals surface area contributed by atoms with Crippen LogP contribution in [0.5, 0.6) is 5.75 Å². The lowest BCUT2D eigenvalue weighted by atomic mass is 9.97. The third-order valence-corrected chi connectivity index (χ3v) is 4.26. The molecular formula is C17H23NO4. The zero-order valence-electron chi connectivity index (χ0n) is 13.1. The quantitative estimate of drug-likeness (QED) is 0.847. The average molecular weight is 305 g/mol. The summed E-state index contributed by atoms with van der Waals surface area (Å²) >= 11 is 0. The van der Waals surface area contributed by atoms with E-state index in [1.165, 1.54) is 0 Å². The predicted octanol–water partition coefficient (Wildman–Crippen LogP) is 2.67. The highest BCUT2D eigenvalue weighted by molar-refractivity contribution is 5.89. The predicted molar refractivity (Wildman–Crippen MR) is 82.9 cm³/mol. The van der Waals surface area contributed by atoms with Crippen LogP contribution < -0.4 is 10.1 Å². The van der Waals surface area contributed by atoms with Crippen molar-refractivity contribution in [1.82, 2.24) is 5.32 Å². The molecule has 0 radical (unpaired) electrons. The Hall–Kier alpha value is -2.04. The number of carboxylic acid groups (broad SMARTS) is 1. The number of carbonyl (C=O) groups excluding carboxylic acids is 1. The van der Waals surface area contributed by atoms with E-state index >= 15 is 0 Å².